The Hall–Kier alpha value is -2.70. The third-order valence-corrected chi connectivity index (χ3v) is 3.63. The van der Waals surface area contributed by atoms with Gasteiger partial charge in [0, 0.05) is 30.9 Å². The Morgan fingerprint density at radius 3 is 2.61 bits per heavy atom. The second kappa shape index (κ2) is 6.60. The predicted molar refractivity (Wildman–Crippen MR) is 79.9 cm³/mol. The molecule has 1 unspecified atom stereocenters. The summed E-state index contributed by atoms with van der Waals surface area (Å²) in [6.07, 6.45) is 3.55. The summed E-state index contributed by atoms with van der Waals surface area (Å²) in [7, 11) is 1.50. The summed E-state index contributed by atoms with van der Waals surface area (Å²) >= 11 is 0. The van der Waals surface area contributed by atoms with Crippen molar-refractivity contribution in [2.45, 2.75) is 12.5 Å². The van der Waals surface area contributed by atoms with Crippen LogP contribution in [0.5, 0.6) is 11.8 Å². The number of likely N-dealkylation sites (tertiary alicyclic amines) is 1. The van der Waals surface area contributed by atoms with E-state index in [4.69, 9.17) is 9.47 Å². The number of ether oxygens (including phenoxy) is 2. The molecule has 1 atom stereocenters. The van der Waals surface area contributed by atoms with Gasteiger partial charge in [-0.3, -0.25) is 4.79 Å². The van der Waals surface area contributed by atoms with Gasteiger partial charge in [-0.2, -0.15) is 0 Å². The highest BCUT2D eigenvalue weighted by Crippen LogP contribution is 2.24. The Morgan fingerprint density at radius 1 is 1.22 bits per heavy atom. The van der Waals surface area contributed by atoms with Crippen LogP contribution in [0, 0.1) is 5.82 Å². The Bertz CT molecular complexity index is 693. The first kappa shape index (κ1) is 15.2. The lowest BCUT2D eigenvalue weighted by atomic mass is 10.2. The Morgan fingerprint density at radius 2 is 1.91 bits per heavy atom. The van der Waals surface area contributed by atoms with Crippen molar-refractivity contribution in [1.82, 2.24) is 14.9 Å². The van der Waals surface area contributed by atoms with Crippen LogP contribution in [0.2, 0.25) is 0 Å². The van der Waals surface area contributed by atoms with E-state index in [9.17, 15) is 9.18 Å². The van der Waals surface area contributed by atoms with E-state index in [2.05, 4.69) is 9.97 Å². The van der Waals surface area contributed by atoms with Crippen LogP contribution >= 0.6 is 0 Å². The molecule has 3 rings (SSSR count). The molecule has 0 saturated carbocycles. The molecular formula is C16H16FN3O3. The second-order valence-electron chi connectivity index (χ2n) is 5.16. The van der Waals surface area contributed by atoms with Crippen LogP contribution in [0.3, 0.4) is 0 Å². The molecule has 0 bridgehead atoms. The first-order valence-electron chi connectivity index (χ1n) is 7.24. The average molecular weight is 317 g/mol. The molecule has 1 aromatic heterocycles. The topological polar surface area (TPSA) is 64.6 Å². The van der Waals surface area contributed by atoms with Crippen LogP contribution in [0.1, 0.15) is 16.8 Å². The van der Waals surface area contributed by atoms with Gasteiger partial charge in [0.2, 0.25) is 0 Å². The van der Waals surface area contributed by atoms with Gasteiger partial charge in [0.15, 0.2) is 0 Å². The van der Waals surface area contributed by atoms with Gasteiger partial charge in [-0.1, -0.05) is 0 Å². The first-order chi connectivity index (χ1) is 11.2. The number of aromatic nitrogens is 2. The maximum Gasteiger partial charge on any atom is 0.278 e. The number of rotatable bonds is 4. The van der Waals surface area contributed by atoms with Crippen molar-refractivity contribution in [3.63, 3.8) is 0 Å². The van der Waals surface area contributed by atoms with Crippen molar-refractivity contribution >= 4 is 5.91 Å². The maximum atomic E-state index is 12.9. The third kappa shape index (κ3) is 3.39. The fraction of sp³-hybridized carbons (Fsp3) is 0.312. The van der Waals surface area contributed by atoms with E-state index in [1.54, 1.807) is 4.90 Å². The summed E-state index contributed by atoms with van der Waals surface area (Å²) in [5.74, 6) is 0.132. The molecule has 1 aliphatic heterocycles. The fourth-order valence-corrected chi connectivity index (χ4v) is 2.48. The molecule has 1 amide bonds. The van der Waals surface area contributed by atoms with Crippen LogP contribution in [-0.4, -0.2) is 47.1 Å². The van der Waals surface area contributed by atoms with Crippen molar-refractivity contribution in [2.24, 2.45) is 0 Å². The summed E-state index contributed by atoms with van der Waals surface area (Å²) in [5, 5.41) is 0. The first-order valence-corrected chi connectivity index (χ1v) is 7.24. The molecule has 0 spiro atoms. The van der Waals surface area contributed by atoms with Gasteiger partial charge >= 0.3 is 0 Å². The molecule has 0 radical (unpaired) electrons. The SMILES string of the molecule is COc1nccnc1OC1CCN(C(=O)c2ccc(F)cc2)C1. The zero-order valence-corrected chi connectivity index (χ0v) is 12.6. The number of hydrogen-bond donors (Lipinski definition) is 0. The molecule has 1 aromatic carbocycles. The van der Waals surface area contributed by atoms with E-state index in [1.807, 2.05) is 0 Å². The molecule has 1 saturated heterocycles. The summed E-state index contributed by atoms with van der Waals surface area (Å²) in [6.45, 7) is 1.01. The Kier molecular flexibility index (Phi) is 4.36. The van der Waals surface area contributed by atoms with Crippen molar-refractivity contribution < 1.29 is 18.7 Å². The van der Waals surface area contributed by atoms with Crippen molar-refractivity contribution in [2.75, 3.05) is 20.2 Å². The minimum atomic E-state index is -0.362. The molecule has 0 N–H and O–H groups in total. The largest absolute Gasteiger partial charge is 0.477 e. The Balaban J connectivity index is 1.64. The molecule has 2 aromatic rings. The number of carbonyl (C=O) groups excluding carboxylic acids is 1. The van der Waals surface area contributed by atoms with Gasteiger partial charge in [-0.15, -0.1) is 0 Å². The van der Waals surface area contributed by atoms with Crippen molar-refractivity contribution in [3.05, 3.63) is 48.0 Å². The number of hydrogen-bond acceptors (Lipinski definition) is 5. The van der Waals surface area contributed by atoms with E-state index >= 15 is 0 Å². The van der Waals surface area contributed by atoms with E-state index in [1.165, 1.54) is 43.8 Å². The molecule has 7 heteroatoms. The van der Waals surface area contributed by atoms with E-state index < -0.39 is 0 Å². The normalized spacial score (nSPS) is 17.1. The van der Waals surface area contributed by atoms with Gasteiger partial charge in [-0.05, 0) is 24.3 Å². The number of methoxy groups -OCH3 is 1. The molecule has 0 aliphatic carbocycles. The van der Waals surface area contributed by atoms with Crippen LogP contribution in [-0.2, 0) is 0 Å². The maximum absolute atomic E-state index is 12.9. The molecule has 23 heavy (non-hydrogen) atoms. The third-order valence-electron chi connectivity index (χ3n) is 3.63. The molecular weight excluding hydrogens is 301 g/mol. The van der Waals surface area contributed by atoms with Crippen molar-refractivity contribution in [1.29, 1.82) is 0 Å². The lowest BCUT2D eigenvalue weighted by Gasteiger charge is -2.17. The number of halogens is 1. The van der Waals surface area contributed by atoms with Gasteiger partial charge in [-0.25, -0.2) is 14.4 Å². The minimum Gasteiger partial charge on any atom is -0.477 e. The van der Waals surface area contributed by atoms with Gasteiger partial charge < -0.3 is 14.4 Å². The molecule has 1 aliphatic rings. The second-order valence-corrected chi connectivity index (χ2v) is 5.16. The van der Waals surface area contributed by atoms with E-state index in [-0.39, 0.29) is 17.8 Å². The number of carbonyl (C=O) groups is 1. The molecule has 2 heterocycles. The molecule has 6 nitrogen and oxygen atoms in total. The van der Waals surface area contributed by atoms with E-state index in [0.29, 0.717) is 36.8 Å². The van der Waals surface area contributed by atoms with Crippen LogP contribution < -0.4 is 9.47 Å². The smallest absolute Gasteiger partial charge is 0.278 e. The van der Waals surface area contributed by atoms with Crippen LogP contribution in [0.4, 0.5) is 4.39 Å². The van der Waals surface area contributed by atoms with Gasteiger partial charge in [0.05, 0.1) is 13.7 Å². The quantitative estimate of drug-likeness (QED) is 0.862. The monoisotopic (exact) mass is 317 g/mol. The lowest BCUT2D eigenvalue weighted by molar-refractivity contribution is 0.0770. The number of benzene rings is 1. The highest BCUT2D eigenvalue weighted by molar-refractivity contribution is 5.94. The highest BCUT2D eigenvalue weighted by Gasteiger charge is 2.29. The summed E-state index contributed by atoms with van der Waals surface area (Å²) < 4.78 is 23.8. The lowest BCUT2D eigenvalue weighted by Crippen LogP contribution is -2.31. The van der Waals surface area contributed by atoms with Crippen molar-refractivity contribution in [3.8, 4) is 11.8 Å². The van der Waals surface area contributed by atoms with Gasteiger partial charge in [0.1, 0.15) is 11.9 Å². The summed E-state index contributed by atoms with van der Waals surface area (Å²) in [5.41, 5.74) is 0.462. The number of amides is 1. The zero-order valence-electron chi connectivity index (χ0n) is 12.6. The standard InChI is InChI=1S/C16H16FN3O3/c1-22-14-15(19-8-7-18-14)23-13-6-9-20(10-13)16(21)11-2-4-12(17)5-3-11/h2-5,7-8,13H,6,9-10H2,1H3. The zero-order chi connectivity index (χ0) is 16.2. The predicted octanol–water partition coefficient (Wildman–Crippen LogP) is 1.92. The van der Waals surface area contributed by atoms with Crippen LogP contribution in [0.15, 0.2) is 36.7 Å². The molecule has 120 valence electrons. The van der Waals surface area contributed by atoms with Crippen LogP contribution in [0.25, 0.3) is 0 Å². The van der Waals surface area contributed by atoms with E-state index in [0.717, 1.165) is 0 Å². The summed E-state index contributed by atoms with van der Waals surface area (Å²) in [6, 6.07) is 5.53. The van der Waals surface area contributed by atoms with Gasteiger partial charge in [0.25, 0.3) is 17.7 Å². The highest BCUT2D eigenvalue weighted by atomic mass is 19.1. The Labute approximate surface area is 132 Å². The minimum absolute atomic E-state index is 0.137. The number of nitrogens with zero attached hydrogens (tertiary/aromatic N) is 3. The average Bonchev–Trinajstić information content (AvgIpc) is 3.04. The summed E-state index contributed by atoms with van der Waals surface area (Å²) in [4.78, 5) is 22.2. The fourth-order valence-electron chi connectivity index (χ4n) is 2.48. The molecule has 1 fully saturated rings.